The van der Waals surface area contributed by atoms with Crippen molar-refractivity contribution >= 4 is 0 Å². The fraction of sp³-hybridized carbons (Fsp3) is 0.455. The Bertz CT molecular complexity index is 534. The van der Waals surface area contributed by atoms with Gasteiger partial charge >= 0.3 is 0 Å². The van der Waals surface area contributed by atoms with Crippen molar-refractivity contribution in [3.63, 3.8) is 0 Å². The van der Waals surface area contributed by atoms with E-state index in [1.165, 1.54) is 43.4 Å². The lowest BCUT2D eigenvalue weighted by atomic mass is 9.97. The molecule has 1 N–H and O–H groups in total. The lowest BCUT2D eigenvalue weighted by Gasteiger charge is -2.33. The zero-order valence-electron chi connectivity index (χ0n) is 14.8. The van der Waals surface area contributed by atoms with Crippen LogP contribution in [0, 0.1) is 0 Å². The van der Waals surface area contributed by atoms with E-state index in [1.807, 2.05) is 0 Å². The number of hydrogen-bond donors (Lipinski definition) is 1. The quantitative estimate of drug-likeness (QED) is 0.801. The molecular formula is C22H30N2. The Hall–Kier alpha value is -1.64. The highest BCUT2D eigenvalue weighted by Gasteiger charge is 2.20. The van der Waals surface area contributed by atoms with Crippen molar-refractivity contribution in [3.05, 3.63) is 71.8 Å². The normalized spacial score (nSPS) is 19.3. The molecule has 2 unspecified atom stereocenters. The van der Waals surface area contributed by atoms with E-state index in [-0.39, 0.29) is 0 Å². The SMILES string of the molecule is CC(CC1CCCCN1)N(Cc1ccccc1)Cc1ccccc1. The minimum absolute atomic E-state index is 0.570. The van der Waals surface area contributed by atoms with Crippen LogP contribution in [0.4, 0.5) is 0 Å². The topological polar surface area (TPSA) is 15.3 Å². The summed E-state index contributed by atoms with van der Waals surface area (Å²) < 4.78 is 0. The van der Waals surface area contributed by atoms with Crippen LogP contribution in [0.15, 0.2) is 60.7 Å². The minimum Gasteiger partial charge on any atom is -0.314 e. The fourth-order valence-corrected chi connectivity index (χ4v) is 3.69. The van der Waals surface area contributed by atoms with Crippen LogP contribution in [0.2, 0.25) is 0 Å². The van der Waals surface area contributed by atoms with E-state index >= 15 is 0 Å². The van der Waals surface area contributed by atoms with Crippen molar-refractivity contribution in [3.8, 4) is 0 Å². The first-order valence-corrected chi connectivity index (χ1v) is 9.36. The van der Waals surface area contributed by atoms with E-state index < -0.39 is 0 Å². The fourth-order valence-electron chi connectivity index (χ4n) is 3.69. The average Bonchev–Trinajstić information content (AvgIpc) is 2.64. The third kappa shape index (κ3) is 5.19. The van der Waals surface area contributed by atoms with E-state index in [9.17, 15) is 0 Å². The van der Waals surface area contributed by atoms with Crippen molar-refractivity contribution in [2.75, 3.05) is 6.54 Å². The van der Waals surface area contributed by atoms with Gasteiger partial charge in [-0.15, -0.1) is 0 Å². The summed E-state index contributed by atoms with van der Waals surface area (Å²) in [6.45, 7) is 5.62. The van der Waals surface area contributed by atoms with Crippen LogP contribution >= 0.6 is 0 Å². The van der Waals surface area contributed by atoms with Crippen molar-refractivity contribution in [1.82, 2.24) is 10.2 Å². The maximum absolute atomic E-state index is 3.71. The zero-order valence-corrected chi connectivity index (χ0v) is 14.8. The van der Waals surface area contributed by atoms with Gasteiger partial charge in [0.2, 0.25) is 0 Å². The molecule has 0 spiro atoms. The summed E-state index contributed by atoms with van der Waals surface area (Å²) >= 11 is 0. The molecule has 2 heteroatoms. The summed E-state index contributed by atoms with van der Waals surface area (Å²) in [5.74, 6) is 0. The minimum atomic E-state index is 0.570. The van der Waals surface area contributed by atoms with E-state index in [1.54, 1.807) is 0 Å². The predicted octanol–water partition coefficient (Wildman–Crippen LogP) is 4.61. The monoisotopic (exact) mass is 322 g/mol. The smallest absolute Gasteiger partial charge is 0.0240 e. The van der Waals surface area contributed by atoms with Gasteiger partial charge in [0.25, 0.3) is 0 Å². The number of piperidine rings is 1. The molecule has 0 radical (unpaired) electrons. The van der Waals surface area contributed by atoms with Gasteiger partial charge in [-0.25, -0.2) is 0 Å². The molecule has 1 fully saturated rings. The van der Waals surface area contributed by atoms with Crippen LogP contribution in [0.1, 0.15) is 43.7 Å². The first kappa shape index (κ1) is 17.2. The van der Waals surface area contributed by atoms with Crippen LogP contribution in [-0.2, 0) is 13.1 Å². The van der Waals surface area contributed by atoms with Gasteiger partial charge in [0.1, 0.15) is 0 Å². The van der Waals surface area contributed by atoms with Crippen LogP contribution in [-0.4, -0.2) is 23.5 Å². The molecule has 0 aromatic heterocycles. The highest BCUT2D eigenvalue weighted by Crippen LogP contribution is 2.19. The van der Waals surface area contributed by atoms with Crippen LogP contribution in [0.5, 0.6) is 0 Å². The summed E-state index contributed by atoms with van der Waals surface area (Å²) in [5, 5.41) is 3.71. The molecule has 2 aromatic rings. The number of nitrogens with one attached hydrogen (secondary N) is 1. The molecule has 0 aliphatic carbocycles. The molecule has 0 saturated carbocycles. The second-order valence-electron chi connectivity index (χ2n) is 7.11. The first-order chi connectivity index (χ1) is 11.8. The molecule has 2 atom stereocenters. The lowest BCUT2D eigenvalue weighted by Crippen LogP contribution is -2.41. The molecule has 1 saturated heterocycles. The zero-order chi connectivity index (χ0) is 16.6. The largest absolute Gasteiger partial charge is 0.314 e. The van der Waals surface area contributed by atoms with Gasteiger partial charge < -0.3 is 5.32 Å². The lowest BCUT2D eigenvalue weighted by molar-refractivity contribution is 0.163. The predicted molar refractivity (Wildman–Crippen MR) is 102 cm³/mol. The number of hydrogen-bond acceptors (Lipinski definition) is 2. The highest BCUT2D eigenvalue weighted by atomic mass is 15.2. The Labute approximate surface area is 146 Å². The molecule has 0 amide bonds. The van der Waals surface area contributed by atoms with Gasteiger partial charge in [0.05, 0.1) is 0 Å². The third-order valence-electron chi connectivity index (χ3n) is 5.12. The number of benzene rings is 2. The van der Waals surface area contributed by atoms with Gasteiger partial charge in [-0.05, 0) is 43.9 Å². The summed E-state index contributed by atoms with van der Waals surface area (Å²) in [4.78, 5) is 2.63. The van der Waals surface area contributed by atoms with E-state index in [2.05, 4.69) is 77.8 Å². The Morgan fingerprint density at radius 2 is 1.50 bits per heavy atom. The second-order valence-corrected chi connectivity index (χ2v) is 7.11. The molecule has 1 aliphatic rings. The van der Waals surface area contributed by atoms with Gasteiger partial charge in [0, 0.05) is 25.2 Å². The summed E-state index contributed by atoms with van der Waals surface area (Å²) in [6, 6.07) is 23.0. The third-order valence-corrected chi connectivity index (χ3v) is 5.12. The molecule has 24 heavy (non-hydrogen) atoms. The summed E-state index contributed by atoms with van der Waals surface area (Å²) in [6.07, 6.45) is 5.28. The Morgan fingerprint density at radius 1 is 0.917 bits per heavy atom. The molecule has 1 heterocycles. The van der Waals surface area contributed by atoms with Gasteiger partial charge in [-0.1, -0.05) is 67.1 Å². The standard InChI is InChI=1S/C22H30N2/c1-19(16-22-14-8-9-15-23-22)24(17-20-10-4-2-5-11-20)18-21-12-6-3-7-13-21/h2-7,10-13,19,22-23H,8-9,14-18H2,1H3. The average molecular weight is 322 g/mol. The Morgan fingerprint density at radius 3 is 2.00 bits per heavy atom. The van der Waals surface area contributed by atoms with Crippen molar-refractivity contribution < 1.29 is 0 Å². The molecule has 3 rings (SSSR count). The van der Waals surface area contributed by atoms with Crippen molar-refractivity contribution in [2.45, 2.75) is 57.8 Å². The second kappa shape index (κ2) is 9.00. The molecule has 2 nitrogen and oxygen atoms in total. The Balaban J connectivity index is 1.67. The molecule has 2 aromatic carbocycles. The van der Waals surface area contributed by atoms with E-state index in [0.29, 0.717) is 12.1 Å². The van der Waals surface area contributed by atoms with Crippen LogP contribution in [0.3, 0.4) is 0 Å². The maximum atomic E-state index is 3.71. The van der Waals surface area contributed by atoms with E-state index in [4.69, 9.17) is 0 Å². The highest BCUT2D eigenvalue weighted by molar-refractivity contribution is 5.17. The molecule has 0 bridgehead atoms. The molecule has 128 valence electrons. The maximum Gasteiger partial charge on any atom is 0.0240 e. The number of nitrogens with zero attached hydrogens (tertiary/aromatic N) is 1. The van der Waals surface area contributed by atoms with Gasteiger partial charge in [-0.3, -0.25) is 4.90 Å². The van der Waals surface area contributed by atoms with Crippen molar-refractivity contribution in [2.24, 2.45) is 0 Å². The summed E-state index contributed by atoms with van der Waals surface area (Å²) in [7, 11) is 0. The van der Waals surface area contributed by atoms with Gasteiger partial charge in [-0.2, -0.15) is 0 Å². The van der Waals surface area contributed by atoms with Gasteiger partial charge in [0.15, 0.2) is 0 Å². The summed E-state index contributed by atoms with van der Waals surface area (Å²) in [5.41, 5.74) is 2.80. The van der Waals surface area contributed by atoms with E-state index in [0.717, 1.165) is 13.1 Å². The molecular weight excluding hydrogens is 292 g/mol. The Kier molecular flexibility index (Phi) is 6.45. The number of rotatable bonds is 7. The van der Waals surface area contributed by atoms with Crippen molar-refractivity contribution in [1.29, 1.82) is 0 Å². The van der Waals surface area contributed by atoms with Crippen LogP contribution in [0.25, 0.3) is 0 Å². The first-order valence-electron chi connectivity index (χ1n) is 9.36. The van der Waals surface area contributed by atoms with Crippen LogP contribution < -0.4 is 5.32 Å². The molecule has 1 aliphatic heterocycles.